The molecule has 5 heterocycles. The average Bonchev–Trinajstić information content (AvgIpc) is 3.93. The van der Waals surface area contributed by atoms with Crippen molar-refractivity contribution in [3.05, 3.63) is 93.1 Å². The number of hydrogen-bond donors (Lipinski definition) is 1. The molecular formula is C45H39Cl2F3N6O7S. The molecular weight excluding hydrogens is 896 g/mol. The van der Waals surface area contributed by atoms with Gasteiger partial charge in [0.25, 0.3) is 11.8 Å². The van der Waals surface area contributed by atoms with Crippen LogP contribution in [-0.2, 0) is 32.4 Å². The van der Waals surface area contributed by atoms with E-state index >= 15 is 9.59 Å². The Morgan fingerprint density at radius 1 is 0.984 bits per heavy atom. The molecule has 6 atom stereocenters. The van der Waals surface area contributed by atoms with Gasteiger partial charge < -0.3 is 14.6 Å². The van der Waals surface area contributed by atoms with Gasteiger partial charge in [0.1, 0.15) is 17.2 Å². The Labute approximate surface area is 378 Å². The number of thiophene rings is 1. The Balaban J connectivity index is 1.13. The Morgan fingerprint density at radius 2 is 1.69 bits per heavy atom. The molecule has 2 aliphatic carbocycles. The number of halogens is 5. The molecule has 4 amide bonds. The molecule has 0 radical (unpaired) electrons. The summed E-state index contributed by atoms with van der Waals surface area (Å²) in [6.07, 6.45) is 0.581. The lowest BCUT2D eigenvalue weighted by Gasteiger charge is -2.47. The van der Waals surface area contributed by atoms with Crippen LogP contribution in [0.25, 0.3) is 26.7 Å². The van der Waals surface area contributed by atoms with Crippen molar-refractivity contribution in [3.8, 4) is 27.8 Å². The topological polar surface area (TPSA) is 147 Å². The molecule has 2 aromatic carbocycles. The molecule has 0 bridgehead atoms. The van der Waals surface area contributed by atoms with Crippen LogP contribution in [-0.4, -0.2) is 69.8 Å². The van der Waals surface area contributed by atoms with Crippen molar-refractivity contribution in [3.63, 3.8) is 0 Å². The van der Waals surface area contributed by atoms with E-state index in [0.717, 1.165) is 41.5 Å². The summed E-state index contributed by atoms with van der Waals surface area (Å²) in [6, 6.07) is 12.2. The second-order valence-electron chi connectivity index (χ2n) is 16.6. The summed E-state index contributed by atoms with van der Waals surface area (Å²) < 4.78 is 54.5. The molecule has 13 nitrogen and oxygen atoms in total. The minimum Gasteiger partial charge on any atom is -0.502 e. The van der Waals surface area contributed by atoms with Crippen molar-refractivity contribution in [2.24, 2.45) is 42.1 Å². The van der Waals surface area contributed by atoms with E-state index in [2.05, 4.69) is 4.98 Å². The van der Waals surface area contributed by atoms with Gasteiger partial charge in [0.15, 0.2) is 17.3 Å². The molecule has 0 spiro atoms. The van der Waals surface area contributed by atoms with Gasteiger partial charge in [-0.3, -0.25) is 28.9 Å². The van der Waals surface area contributed by atoms with Gasteiger partial charge >= 0.3 is 6.18 Å². The van der Waals surface area contributed by atoms with Crippen molar-refractivity contribution in [1.29, 1.82) is 0 Å². The van der Waals surface area contributed by atoms with E-state index in [1.807, 2.05) is 25.1 Å². The number of aromatic nitrogens is 3. The van der Waals surface area contributed by atoms with Gasteiger partial charge in [0.2, 0.25) is 17.6 Å². The Hall–Kier alpha value is -5.91. The number of allylic oxidation sites excluding steroid dienone is 3. The van der Waals surface area contributed by atoms with Gasteiger partial charge in [0, 0.05) is 35.8 Å². The van der Waals surface area contributed by atoms with Crippen LogP contribution in [0.15, 0.2) is 66.3 Å². The number of amides is 4. The van der Waals surface area contributed by atoms with Gasteiger partial charge in [-0.1, -0.05) is 47.0 Å². The number of aromatic hydroxyl groups is 1. The van der Waals surface area contributed by atoms with E-state index < -0.39 is 76.3 Å². The number of carbonyl (C=O) groups is 4. The number of hydrogen-bond acceptors (Lipinski definition) is 11. The zero-order valence-electron chi connectivity index (χ0n) is 35.0. The molecule has 2 aliphatic heterocycles. The van der Waals surface area contributed by atoms with Gasteiger partial charge in [-0.25, -0.2) is 9.88 Å². The number of hydrazine groups is 1. The summed E-state index contributed by atoms with van der Waals surface area (Å²) in [6.45, 7) is 3.69. The van der Waals surface area contributed by atoms with Gasteiger partial charge in [-0.2, -0.15) is 23.3 Å². The van der Waals surface area contributed by atoms with Gasteiger partial charge in [-0.05, 0) is 91.6 Å². The molecule has 19 heteroatoms. The lowest BCUT2D eigenvalue weighted by molar-refractivity contribution is -0.141. The van der Waals surface area contributed by atoms with Crippen LogP contribution < -0.4 is 19.4 Å². The summed E-state index contributed by atoms with van der Waals surface area (Å²) in [5, 5.41) is 18.4. The summed E-state index contributed by atoms with van der Waals surface area (Å²) in [5.41, 5.74) is -0.00977. The van der Waals surface area contributed by atoms with E-state index in [1.54, 1.807) is 50.4 Å². The molecule has 2 saturated heterocycles. The van der Waals surface area contributed by atoms with Crippen molar-refractivity contribution in [2.45, 2.75) is 32.9 Å². The first-order valence-electron chi connectivity index (χ1n) is 20.1. The van der Waals surface area contributed by atoms with Crippen molar-refractivity contribution >= 4 is 86.0 Å². The number of pyridine rings is 1. The monoisotopic (exact) mass is 934 g/mol. The first-order valence-corrected chi connectivity index (χ1v) is 21.7. The molecule has 3 fully saturated rings. The van der Waals surface area contributed by atoms with Crippen LogP contribution in [0.3, 0.4) is 0 Å². The van der Waals surface area contributed by atoms with E-state index in [4.69, 9.17) is 37.8 Å². The first-order chi connectivity index (χ1) is 30.3. The maximum absolute atomic E-state index is 15.2. The zero-order chi connectivity index (χ0) is 45.9. The highest BCUT2D eigenvalue weighted by Crippen LogP contribution is 2.61. The maximum Gasteiger partial charge on any atom is 0.433 e. The molecule has 6 unspecified atom stereocenters. The van der Waals surface area contributed by atoms with Crippen molar-refractivity contribution in [2.75, 3.05) is 31.2 Å². The first kappa shape index (κ1) is 43.3. The van der Waals surface area contributed by atoms with Crippen molar-refractivity contribution < 1.29 is 46.9 Å². The normalized spacial score (nSPS) is 24.4. The van der Waals surface area contributed by atoms with Crippen LogP contribution in [0.4, 0.5) is 24.8 Å². The molecule has 1 saturated carbocycles. The van der Waals surface area contributed by atoms with Gasteiger partial charge in [-0.15, -0.1) is 11.3 Å². The zero-order valence-corrected chi connectivity index (χ0v) is 37.4. The molecule has 1 N–H and O–H groups in total. The van der Waals surface area contributed by atoms with E-state index in [9.17, 15) is 27.9 Å². The van der Waals surface area contributed by atoms with E-state index in [1.165, 1.54) is 37.3 Å². The van der Waals surface area contributed by atoms with Crippen LogP contribution >= 0.6 is 34.5 Å². The smallest absolute Gasteiger partial charge is 0.433 e. The largest absolute Gasteiger partial charge is 0.502 e. The van der Waals surface area contributed by atoms with Crippen molar-refractivity contribution in [1.82, 2.24) is 19.8 Å². The Kier molecular flexibility index (Phi) is 10.4. The molecule has 332 valence electrons. The lowest BCUT2D eigenvalue weighted by Crippen LogP contribution is -2.50. The highest BCUT2D eigenvalue weighted by Gasteiger charge is 2.67. The summed E-state index contributed by atoms with van der Waals surface area (Å²) in [5.74, 6) is -7.08. The number of aryl methyl sites for hydroxylation is 2. The van der Waals surface area contributed by atoms with Crippen LogP contribution in [0, 0.1) is 41.9 Å². The molecule has 5 aromatic rings. The number of ether oxygens (including phenoxy) is 2. The number of alkyl halides is 3. The third kappa shape index (κ3) is 6.48. The number of fused-ring (bicyclic) bond motifs is 5. The molecule has 64 heavy (non-hydrogen) atoms. The average molecular weight is 936 g/mol. The van der Waals surface area contributed by atoms with Crippen LogP contribution in [0.1, 0.15) is 36.6 Å². The highest BCUT2D eigenvalue weighted by molar-refractivity contribution is 7.22. The number of nitrogens with zero attached hydrogens (tertiary/aromatic N) is 6. The second-order valence-corrected chi connectivity index (χ2v) is 18.5. The minimum absolute atomic E-state index is 0.00972. The summed E-state index contributed by atoms with van der Waals surface area (Å²) in [4.78, 5) is 64.8. The quantitative estimate of drug-likeness (QED) is 0.118. The molecule has 4 aliphatic rings. The Bertz CT molecular complexity index is 2890. The molecule has 3 aromatic heterocycles. The number of benzene rings is 2. The summed E-state index contributed by atoms with van der Waals surface area (Å²) in [7, 11) is 5.67. The van der Waals surface area contributed by atoms with Crippen LogP contribution in [0.5, 0.6) is 17.2 Å². The number of carbonyl (C=O) groups excluding carboxylic acids is 4. The number of methoxy groups -OCH3 is 2. The van der Waals surface area contributed by atoms with Crippen LogP contribution in [0.2, 0.25) is 10.0 Å². The highest BCUT2D eigenvalue weighted by atomic mass is 35.5. The number of anilines is 2. The summed E-state index contributed by atoms with van der Waals surface area (Å²) >= 11 is 14.2. The fourth-order valence-corrected chi connectivity index (χ4v) is 11.6. The number of imide groups is 2. The SMILES string of the molecule is COc1cc(C=CC2C3=CCC4C(=O)N(N(C)c5nc(C(F)(F)F)ccc5Cl)C(=O)C4C3CC3C(=O)N(c4cc(-c5sc6ccc(Cl)cc6c5C)nn4C)C(=O)C23C)cc(OC)c1O. The van der Waals surface area contributed by atoms with Gasteiger partial charge in [0.05, 0.1) is 47.3 Å². The lowest BCUT2D eigenvalue weighted by atomic mass is 9.52. The van der Waals surface area contributed by atoms with E-state index in [0.29, 0.717) is 27.9 Å². The number of rotatable bonds is 8. The number of phenolic OH excluding ortho intramolecular Hbond substituents is 1. The standard InChI is InChI=1S/C45H39Cl2F3N6O7S/c1-20-25-17-22(46)8-13-33(25)64-38(20)30-19-35(53(3)52-30)55-41(59)28-18-26-23(27(44(28,2)43(55)61)11-7-21-15-31(62-5)37(57)32(16-21)63-6)9-10-24-36(26)42(60)56(40(24)58)54(4)39-29(47)12-14-34(51-39)45(48,49)50/h7-9,11-17,19,24,26-28,36,57H,10,18H2,1-6H3. The second kappa shape index (κ2) is 15.4. The maximum atomic E-state index is 15.2. The minimum atomic E-state index is -4.83. The number of phenols is 1. The predicted molar refractivity (Wildman–Crippen MR) is 234 cm³/mol. The third-order valence-electron chi connectivity index (χ3n) is 13.2. The predicted octanol–water partition coefficient (Wildman–Crippen LogP) is 8.88. The fraction of sp³-hybridized carbons (Fsp3) is 0.333. The molecule has 9 rings (SSSR count). The fourth-order valence-electron chi connectivity index (χ4n) is 10.1. The Morgan fingerprint density at radius 3 is 2.36 bits per heavy atom. The van der Waals surface area contributed by atoms with E-state index in [-0.39, 0.29) is 40.9 Å². The third-order valence-corrected chi connectivity index (χ3v) is 15.1.